The first-order valence-electron chi connectivity index (χ1n) is 4.77. The van der Waals surface area contributed by atoms with Gasteiger partial charge in [-0.3, -0.25) is 4.79 Å². The molecular formula is C11H9FN2O3. The van der Waals surface area contributed by atoms with Crippen LogP contribution in [0.3, 0.4) is 0 Å². The van der Waals surface area contributed by atoms with Crippen LogP contribution < -0.4 is 11.4 Å². The van der Waals surface area contributed by atoms with E-state index >= 15 is 0 Å². The molecule has 1 aromatic carbocycles. The molecular weight excluding hydrogens is 227 g/mol. The van der Waals surface area contributed by atoms with Crippen LogP contribution in [0.5, 0.6) is 0 Å². The van der Waals surface area contributed by atoms with E-state index in [9.17, 15) is 14.0 Å². The van der Waals surface area contributed by atoms with Gasteiger partial charge in [-0.1, -0.05) is 12.1 Å². The van der Waals surface area contributed by atoms with E-state index in [0.717, 1.165) is 6.07 Å². The van der Waals surface area contributed by atoms with Gasteiger partial charge in [0.1, 0.15) is 5.82 Å². The molecule has 0 spiro atoms. The third-order valence-electron chi connectivity index (χ3n) is 2.65. The van der Waals surface area contributed by atoms with Crippen molar-refractivity contribution in [3.8, 4) is 0 Å². The largest absolute Gasteiger partial charge is 0.478 e. The Balaban J connectivity index is 3.16. The van der Waals surface area contributed by atoms with Crippen molar-refractivity contribution >= 4 is 16.7 Å². The van der Waals surface area contributed by atoms with Crippen LogP contribution in [0.15, 0.2) is 23.0 Å². The summed E-state index contributed by atoms with van der Waals surface area (Å²) in [6, 6.07) is 3.82. The number of halogens is 1. The molecule has 2 rings (SSSR count). The van der Waals surface area contributed by atoms with Gasteiger partial charge >= 0.3 is 5.97 Å². The molecule has 0 amide bonds. The Morgan fingerprint density at radius 2 is 2.12 bits per heavy atom. The highest BCUT2D eigenvalue weighted by atomic mass is 19.1. The SMILES string of the molecule is Cc1c(C(=O)O)c2cccc(F)c2c(=O)n1N. The second-order valence-electron chi connectivity index (χ2n) is 3.60. The molecule has 0 bridgehead atoms. The Kier molecular flexibility index (Phi) is 2.35. The first-order chi connectivity index (χ1) is 7.95. The molecule has 0 radical (unpaired) electrons. The van der Waals surface area contributed by atoms with Crippen molar-refractivity contribution in [3.63, 3.8) is 0 Å². The monoisotopic (exact) mass is 236 g/mol. The van der Waals surface area contributed by atoms with Crippen LogP contribution in [0.2, 0.25) is 0 Å². The number of nitrogens with zero attached hydrogens (tertiary/aromatic N) is 1. The minimum atomic E-state index is -1.25. The van der Waals surface area contributed by atoms with Crippen molar-refractivity contribution in [3.05, 3.63) is 45.6 Å². The number of nitrogen functional groups attached to an aromatic ring is 1. The molecule has 0 unspecified atom stereocenters. The summed E-state index contributed by atoms with van der Waals surface area (Å²) in [6.07, 6.45) is 0. The number of carbonyl (C=O) groups is 1. The number of pyridine rings is 1. The van der Waals surface area contributed by atoms with Crippen LogP contribution in [0, 0.1) is 12.7 Å². The number of hydrogen-bond donors (Lipinski definition) is 2. The average molecular weight is 236 g/mol. The first kappa shape index (κ1) is 11.1. The minimum Gasteiger partial charge on any atom is -0.478 e. The molecule has 0 fully saturated rings. The lowest BCUT2D eigenvalue weighted by atomic mass is 10.0. The summed E-state index contributed by atoms with van der Waals surface area (Å²) in [5.41, 5.74) is -0.831. The summed E-state index contributed by atoms with van der Waals surface area (Å²) >= 11 is 0. The van der Waals surface area contributed by atoms with Gasteiger partial charge in [0, 0.05) is 5.39 Å². The first-order valence-corrected chi connectivity index (χ1v) is 4.77. The van der Waals surface area contributed by atoms with Crippen molar-refractivity contribution in [2.45, 2.75) is 6.92 Å². The molecule has 5 nitrogen and oxygen atoms in total. The molecule has 0 aliphatic heterocycles. The van der Waals surface area contributed by atoms with E-state index < -0.39 is 17.3 Å². The normalized spacial score (nSPS) is 10.7. The maximum Gasteiger partial charge on any atom is 0.338 e. The van der Waals surface area contributed by atoms with Crippen LogP contribution in [0.25, 0.3) is 10.8 Å². The molecule has 3 N–H and O–H groups in total. The molecule has 0 atom stereocenters. The molecule has 17 heavy (non-hydrogen) atoms. The maximum absolute atomic E-state index is 13.5. The Morgan fingerprint density at radius 3 is 2.71 bits per heavy atom. The molecule has 88 valence electrons. The van der Waals surface area contributed by atoms with E-state index in [0.29, 0.717) is 4.68 Å². The number of rotatable bonds is 1. The molecule has 0 saturated carbocycles. The van der Waals surface area contributed by atoms with E-state index in [1.807, 2.05) is 0 Å². The zero-order chi connectivity index (χ0) is 12.7. The number of benzene rings is 1. The van der Waals surface area contributed by atoms with Gasteiger partial charge in [-0.05, 0) is 13.0 Å². The quantitative estimate of drug-likeness (QED) is 0.719. The number of carboxylic acid groups (broad SMARTS) is 1. The smallest absolute Gasteiger partial charge is 0.338 e. The predicted molar refractivity (Wildman–Crippen MR) is 60.0 cm³/mol. The van der Waals surface area contributed by atoms with E-state index in [2.05, 4.69) is 0 Å². The fourth-order valence-electron chi connectivity index (χ4n) is 1.81. The molecule has 1 heterocycles. The van der Waals surface area contributed by atoms with Crippen molar-refractivity contribution in [2.24, 2.45) is 0 Å². The van der Waals surface area contributed by atoms with Crippen LogP contribution in [0.4, 0.5) is 4.39 Å². The third-order valence-corrected chi connectivity index (χ3v) is 2.65. The Labute approximate surface area is 94.9 Å². The lowest BCUT2D eigenvalue weighted by Gasteiger charge is -2.10. The van der Waals surface area contributed by atoms with Crippen LogP contribution in [0.1, 0.15) is 16.1 Å². The van der Waals surface area contributed by atoms with E-state index in [4.69, 9.17) is 10.9 Å². The van der Waals surface area contributed by atoms with Gasteiger partial charge in [-0.15, -0.1) is 0 Å². The van der Waals surface area contributed by atoms with Gasteiger partial charge in [0.15, 0.2) is 0 Å². The van der Waals surface area contributed by atoms with Gasteiger partial charge in [-0.2, -0.15) is 0 Å². The summed E-state index contributed by atoms with van der Waals surface area (Å²) in [7, 11) is 0. The topological polar surface area (TPSA) is 85.3 Å². The number of hydrogen-bond acceptors (Lipinski definition) is 3. The van der Waals surface area contributed by atoms with E-state index in [-0.39, 0.29) is 22.0 Å². The standard InChI is InChI=1S/C11H9FN2O3/c1-5-8(11(16)17)6-3-2-4-7(12)9(6)10(15)14(5)13/h2-4H,13H2,1H3,(H,16,17). The molecule has 6 heteroatoms. The molecule has 1 aromatic heterocycles. The summed E-state index contributed by atoms with van der Waals surface area (Å²) in [5, 5.41) is 8.83. The molecule has 2 aromatic rings. The maximum atomic E-state index is 13.5. The Bertz CT molecular complexity index is 691. The summed E-state index contributed by atoms with van der Waals surface area (Å²) in [6.45, 7) is 1.40. The zero-order valence-corrected chi connectivity index (χ0v) is 8.90. The fourth-order valence-corrected chi connectivity index (χ4v) is 1.81. The summed E-state index contributed by atoms with van der Waals surface area (Å²) in [4.78, 5) is 22.9. The molecule has 0 aliphatic rings. The Hall–Kier alpha value is -2.37. The van der Waals surface area contributed by atoms with Crippen molar-refractivity contribution < 1.29 is 14.3 Å². The van der Waals surface area contributed by atoms with Crippen LogP contribution in [-0.4, -0.2) is 15.8 Å². The zero-order valence-electron chi connectivity index (χ0n) is 8.90. The van der Waals surface area contributed by atoms with Crippen molar-refractivity contribution in [1.29, 1.82) is 0 Å². The second kappa shape index (κ2) is 3.58. The van der Waals surface area contributed by atoms with Crippen molar-refractivity contribution in [2.75, 3.05) is 5.84 Å². The van der Waals surface area contributed by atoms with Gasteiger partial charge in [0.25, 0.3) is 5.56 Å². The van der Waals surface area contributed by atoms with Gasteiger partial charge in [0.05, 0.1) is 16.6 Å². The van der Waals surface area contributed by atoms with Gasteiger partial charge in [0.2, 0.25) is 0 Å². The summed E-state index contributed by atoms with van der Waals surface area (Å²) < 4.78 is 14.2. The highest BCUT2D eigenvalue weighted by Gasteiger charge is 2.19. The predicted octanol–water partition coefficient (Wildman–Crippen LogP) is 0.861. The highest BCUT2D eigenvalue weighted by Crippen LogP contribution is 2.20. The lowest BCUT2D eigenvalue weighted by Crippen LogP contribution is -2.32. The molecule has 0 saturated heterocycles. The second-order valence-corrected chi connectivity index (χ2v) is 3.60. The number of carboxylic acids is 1. The van der Waals surface area contributed by atoms with Gasteiger partial charge < -0.3 is 10.9 Å². The average Bonchev–Trinajstić information content (AvgIpc) is 2.25. The number of aromatic nitrogens is 1. The van der Waals surface area contributed by atoms with Crippen LogP contribution >= 0.6 is 0 Å². The third kappa shape index (κ3) is 1.45. The van der Waals surface area contributed by atoms with E-state index in [1.165, 1.54) is 19.1 Å². The van der Waals surface area contributed by atoms with Gasteiger partial charge in [-0.25, -0.2) is 13.9 Å². The lowest BCUT2D eigenvalue weighted by molar-refractivity contribution is 0.0697. The van der Waals surface area contributed by atoms with Crippen molar-refractivity contribution in [1.82, 2.24) is 4.68 Å². The van der Waals surface area contributed by atoms with Crippen LogP contribution in [-0.2, 0) is 0 Å². The number of fused-ring (bicyclic) bond motifs is 1. The minimum absolute atomic E-state index is 0.0571. The Morgan fingerprint density at radius 1 is 1.47 bits per heavy atom. The van der Waals surface area contributed by atoms with E-state index in [1.54, 1.807) is 0 Å². The summed E-state index contributed by atoms with van der Waals surface area (Å²) in [5.74, 6) is 3.39. The molecule has 0 aliphatic carbocycles. The highest BCUT2D eigenvalue weighted by molar-refractivity contribution is 6.04. The number of aromatic carboxylic acids is 1. The fraction of sp³-hybridized carbons (Fsp3) is 0.0909. The number of nitrogens with two attached hydrogens (primary N) is 1.